The average Bonchev–Trinajstić information content (AvgIpc) is 3.16. The first kappa shape index (κ1) is 23.3. The number of hydrogen-bond acceptors (Lipinski definition) is 7. The summed E-state index contributed by atoms with van der Waals surface area (Å²) in [4.78, 5) is 21.8. The summed E-state index contributed by atoms with van der Waals surface area (Å²) in [5, 5.41) is 15.0. The summed E-state index contributed by atoms with van der Waals surface area (Å²) in [5.74, 6) is 0.894. The SMILES string of the molecule is Cc1csc(Nc2ncc(Sc3ccc(C(=O)O)cc3)cc2Oc2ccccc2)n1.[NaH]. The van der Waals surface area contributed by atoms with E-state index in [-0.39, 0.29) is 35.1 Å². The van der Waals surface area contributed by atoms with Gasteiger partial charge >= 0.3 is 35.5 Å². The molecule has 2 aromatic heterocycles. The van der Waals surface area contributed by atoms with Gasteiger partial charge in [0, 0.05) is 27.4 Å². The quantitative estimate of drug-likeness (QED) is 0.349. The fourth-order valence-corrected chi connectivity index (χ4v) is 4.09. The van der Waals surface area contributed by atoms with E-state index in [1.807, 2.05) is 48.7 Å². The van der Waals surface area contributed by atoms with Gasteiger partial charge in [-0.2, -0.15) is 0 Å². The molecule has 9 heteroatoms. The molecule has 0 amide bonds. The number of aromatic carboxylic acids is 1. The first-order valence-corrected chi connectivity index (χ1v) is 10.7. The number of pyridine rings is 1. The number of carboxylic acids is 1. The van der Waals surface area contributed by atoms with Crippen LogP contribution in [0.3, 0.4) is 0 Å². The molecule has 0 aliphatic rings. The Morgan fingerprint density at radius 2 is 1.84 bits per heavy atom. The van der Waals surface area contributed by atoms with Gasteiger partial charge in [0.15, 0.2) is 16.7 Å². The summed E-state index contributed by atoms with van der Waals surface area (Å²) in [6.45, 7) is 1.94. The molecule has 4 aromatic rings. The summed E-state index contributed by atoms with van der Waals surface area (Å²) in [6.07, 6.45) is 1.75. The molecule has 2 N–H and O–H groups in total. The van der Waals surface area contributed by atoms with E-state index in [4.69, 9.17) is 9.84 Å². The molecule has 0 radical (unpaired) electrons. The van der Waals surface area contributed by atoms with Gasteiger partial charge in [-0.15, -0.1) is 11.3 Å². The van der Waals surface area contributed by atoms with Crippen molar-refractivity contribution in [3.63, 3.8) is 0 Å². The third-order valence-corrected chi connectivity index (χ3v) is 5.82. The van der Waals surface area contributed by atoms with Gasteiger partial charge in [0.05, 0.1) is 11.3 Å². The Labute approximate surface area is 210 Å². The van der Waals surface area contributed by atoms with Crippen molar-refractivity contribution in [2.45, 2.75) is 16.7 Å². The number of rotatable bonds is 7. The van der Waals surface area contributed by atoms with Crippen LogP contribution < -0.4 is 10.1 Å². The Bertz CT molecular complexity index is 1170. The van der Waals surface area contributed by atoms with Gasteiger partial charge < -0.3 is 15.2 Å². The molecule has 0 saturated carbocycles. The minimum absolute atomic E-state index is 0. The summed E-state index contributed by atoms with van der Waals surface area (Å²) in [6, 6.07) is 18.1. The molecule has 0 saturated heterocycles. The zero-order valence-corrected chi connectivity index (χ0v) is 17.5. The van der Waals surface area contributed by atoms with Crippen LogP contribution >= 0.6 is 23.1 Å². The Morgan fingerprint density at radius 1 is 1.10 bits per heavy atom. The van der Waals surface area contributed by atoms with Crippen LogP contribution in [0.1, 0.15) is 16.1 Å². The van der Waals surface area contributed by atoms with Crippen LogP contribution in [0.25, 0.3) is 0 Å². The van der Waals surface area contributed by atoms with Gasteiger partial charge in [0.2, 0.25) is 0 Å². The summed E-state index contributed by atoms with van der Waals surface area (Å²) in [5.41, 5.74) is 1.19. The van der Waals surface area contributed by atoms with Crippen molar-refractivity contribution in [2.24, 2.45) is 0 Å². The van der Waals surface area contributed by atoms with E-state index >= 15 is 0 Å². The maximum absolute atomic E-state index is 11.0. The maximum atomic E-state index is 11.0. The zero-order chi connectivity index (χ0) is 20.9. The number of thiazole rings is 1. The van der Waals surface area contributed by atoms with E-state index in [9.17, 15) is 4.79 Å². The van der Waals surface area contributed by atoms with Gasteiger partial charge in [-0.25, -0.2) is 14.8 Å². The number of benzene rings is 2. The van der Waals surface area contributed by atoms with E-state index in [1.165, 1.54) is 23.1 Å². The summed E-state index contributed by atoms with van der Waals surface area (Å²) < 4.78 is 6.08. The van der Waals surface area contributed by atoms with Gasteiger partial charge in [-0.3, -0.25) is 0 Å². The normalized spacial score (nSPS) is 10.2. The van der Waals surface area contributed by atoms with Gasteiger partial charge in [-0.05, 0) is 43.3 Å². The number of carboxylic acid groups (broad SMARTS) is 1. The molecule has 2 aromatic carbocycles. The van der Waals surface area contributed by atoms with Crippen molar-refractivity contribution in [3.05, 3.63) is 83.5 Å². The molecular formula is C22H18N3NaO3S2. The van der Waals surface area contributed by atoms with Crippen LogP contribution in [0, 0.1) is 6.92 Å². The predicted octanol–water partition coefficient (Wildman–Crippen LogP) is 5.58. The molecule has 6 nitrogen and oxygen atoms in total. The number of aryl methyl sites for hydroxylation is 1. The molecule has 0 bridgehead atoms. The number of anilines is 2. The number of nitrogens with zero attached hydrogens (tertiary/aromatic N) is 2. The molecule has 0 fully saturated rings. The summed E-state index contributed by atoms with van der Waals surface area (Å²) in [7, 11) is 0. The third-order valence-electron chi connectivity index (χ3n) is 3.98. The second-order valence-corrected chi connectivity index (χ2v) is 8.29. The number of nitrogens with one attached hydrogen (secondary N) is 1. The van der Waals surface area contributed by atoms with Gasteiger partial charge in [-0.1, -0.05) is 30.0 Å². The Hall–Kier alpha value is -2.36. The standard InChI is InChI=1S/C22H17N3O3S2.Na.H/c1-14-13-29-22(24-14)25-20-19(28-16-5-3-2-4-6-16)11-18(12-23-20)30-17-9-7-15(8-10-17)21(26)27;;/h2-13H,1H3,(H,26,27)(H,23,24,25);;. The van der Waals surface area contributed by atoms with E-state index < -0.39 is 5.97 Å². The summed E-state index contributed by atoms with van der Waals surface area (Å²) >= 11 is 2.97. The Morgan fingerprint density at radius 3 is 2.48 bits per heavy atom. The van der Waals surface area contributed by atoms with Crippen molar-refractivity contribution in [3.8, 4) is 11.5 Å². The topological polar surface area (TPSA) is 84.3 Å². The van der Waals surface area contributed by atoms with Crippen molar-refractivity contribution < 1.29 is 14.6 Å². The molecule has 0 aliphatic heterocycles. The molecule has 2 heterocycles. The fourth-order valence-electron chi connectivity index (χ4n) is 2.58. The third kappa shape index (κ3) is 6.32. The van der Waals surface area contributed by atoms with E-state index in [0.29, 0.717) is 17.3 Å². The molecule has 4 rings (SSSR count). The molecule has 0 unspecified atom stereocenters. The molecule has 0 spiro atoms. The van der Waals surface area contributed by atoms with Gasteiger partial charge in [0.25, 0.3) is 0 Å². The van der Waals surface area contributed by atoms with Crippen LogP contribution in [0.2, 0.25) is 0 Å². The monoisotopic (exact) mass is 459 g/mol. The van der Waals surface area contributed by atoms with Crippen LogP contribution in [0.15, 0.2) is 82.0 Å². The van der Waals surface area contributed by atoms with E-state index in [1.54, 1.807) is 30.5 Å². The Balaban J connectivity index is 0.00000272. The minimum atomic E-state index is -0.945. The van der Waals surface area contributed by atoms with E-state index in [2.05, 4.69) is 15.3 Å². The average molecular weight is 460 g/mol. The first-order valence-electron chi connectivity index (χ1n) is 9.00. The molecule has 152 valence electrons. The number of hydrogen-bond donors (Lipinski definition) is 2. The van der Waals surface area contributed by atoms with E-state index in [0.717, 1.165) is 20.6 Å². The molecular weight excluding hydrogens is 441 g/mol. The zero-order valence-electron chi connectivity index (χ0n) is 15.9. The molecule has 0 atom stereocenters. The first-order chi connectivity index (χ1) is 14.6. The van der Waals surface area contributed by atoms with Crippen LogP contribution in [-0.4, -0.2) is 50.6 Å². The second kappa shape index (κ2) is 10.8. The van der Waals surface area contributed by atoms with Crippen LogP contribution in [0.5, 0.6) is 11.5 Å². The number of ether oxygens (including phenoxy) is 1. The number of aromatic nitrogens is 2. The van der Waals surface area contributed by atoms with Crippen LogP contribution in [-0.2, 0) is 0 Å². The predicted molar refractivity (Wildman–Crippen MR) is 126 cm³/mol. The number of carbonyl (C=O) groups is 1. The molecule has 0 aliphatic carbocycles. The molecule has 31 heavy (non-hydrogen) atoms. The second-order valence-electron chi connectivity index (χ2n) is 6.28. The fraction of sp³-hybridized carbons (Fsp3) is 0.0455. The Kier molecular flexibility index (Phi) is 8.11. The van der Waals surface area contributed by atoms with Crippen molar-refractivity contribution in [2.75, 3.05) is 5.32 Å². The number of para-hydroxylation sites is 1. The van der Waals surface area contributed by atoms with Crippen LogP contribution in [0.4, 0.5) is 10.9 Å². The van der Waals surface area contributed by atoms with Crippen molar-refractivity contribution >= 4 is 69.6 Å². The van der Waals surface area contributed by atoms with Gasteiger partial charge in [0.1, 0.15) is 5.75 Å². The van der Waals surface area contributed by atoms with Crippen molar-refractivity contribution in [1.82, 2.24) is 9.97 Å². The van der Waals surface area contributed by atoms with Crippen molar-refractivity contribution in [1.29, 1.82) is 0 Å².